The highest BCUT2D eigenvalue weighted by molar-refractivity contribution is 7.89. The number of sulfonamides is 1. The SMILES string of the molecule is CCC(CN)S(=O)(=O)N(C)Cc1ccoc1C. The molecule has 1 unspecified atom stereocenters. The van der Waals surface area contributed by atoms with E-state index >= 15 is 0 Å². The summed E-state index contributed by atoms with van der Waals surface area (Å²) < 4.78 is 30.8. The highest BCUT2D eigenvalue weighted by Gasteiger charge is 2.27. The lowest BCUT2D eigenvalue weighted by atomic mass is 10.3. The third kappa shape index (κ3) is 3.08. The Hall–Kier alpha value is -0.850. The summed E-state index contributed by atoms with van der Waals surface area (Å²) in [5.41, 5.74) is 6.36. The van der Waals surface area contributed by atoms with Crippen LogP contribution in [0.15, 0.2) is 16.7 Å². The topological polar surface area (TPSA) is 76.5 Å². The van der Waals surface area contributed by atoms with Gasteiger partial charge in [-0.05, 0) is 19.4 Å². The Morgan fingerprint density at radius 1 is 1.53 bits per heavy atom. The summed E-state index contributed by atoms with van der Waals surface area (Å²) in [5, 5.41) is -0.514. The lowest BCUT2D eigenvalue weighted by Gasteiger charge is -2.22. The van der Waals surface area contributed by atoms with Gasteiger partial charge in [0, 0.05) is 25.7 Å². The fourth-order valence-electron chi connectivity index (χ4n) is 1.66. The second kappa shape index (κ2) is 5.66. The minimum absolute atomic E-state index is 0.146. The smallest absolute Gasteiger partial charge is 0.218 e. The van der Waals surface area contributed by atoms with E-state index in [1.54, 1.807) is 19.4 Å². The van der Waals surface area contributed by atoms with Gasteiger partial charge in [-0.1, -0.05) is 6.92 Å². The predicted octanol–water partition coefficient (Wildman–Crippen LogP) is 1.09. The second-order valence-corrected chi connectivity index (χ2v) is 6.39. The normalized spacial score (nSPS) is 14.2. The summed E-state index contributed by atoms with van der Waals surface area (Å²) in [5.74, 6) is 0.743. The van der Waals surface area contributed by atoms with Crippen LogP contribution in [0.25, 0.3) is 0 Å². The van der Waals surface area contributed by atoms with Crippen molar-refractivity contribution in [2.75, 3.05) is 13.6 Å². The molecule has 0 fully saturated rings. The lowest BCUT2D eigenvalue weighted by Crippen LogP contribution is -2.39. The molecule has 1 rings (SSSR count). The zero-order valence-corrected chi connectivity index (χ0v) is 11.3. The summed E-state index contributed by atoms with van der Waals surface area (Å²) in [7, 11) is -1.76. The van der Waals surface area contributed by atoms with Gasteiger partial charge >= 0.3 is 0 Å². The Balaban J connectivity index is 2.83. The van der Waals surface area contributed by atoms with E-state index in [1.165, 1.54) is 4.31 Å². The van der Waals surface area contributed by atoms with Gasteiger partial charge in [0.05, 0.1) is 11.5 Å². The van der Waals surface area contributed by atoms with Gasteiger partial charge in [0.1, 0.15) is 5.76 Å². The van der Waals surface area contributed by atoms with Crippen LogP contribution in [0.4, 0.5) is 0 Å². The van der Waals surface area contributed by atoms with E-state index < -0.39 is 15.3 Å². The van der Waals surface area contributed by atoms with Crippen molar-refractivity contribution in [2.45, 2.75) is 32.1 Å². The van der Waals surface area contributed by atoms with Crippen molar-refractivity contribution >= 4 is 10.0 Å². The number of furan rings is 1. The van der Waals surface area contributed by atoms with E-state index in [9.17, 15) is 8.42 Å². The fraction of sp³-hybridized carbons (Fsp3) is 0.636. The van der Waals surface area contributed by atoms with E-state index in [2.05, 4.69) is 0 Å². The molecule has 5 nitrogen and oxygen atoms in total. The fourth-order valence-corrected chi connectivity index (χ4v) is 3.15. The van der Waals surface area contributed by atoms with Crippen molar-refractivity contribution in [3.63, 3.8) is 0 Å². The monoisotopic (exact) mass is 260 g/mol. The van der Waals surface area contributed by atoms with Crippen LogP contribution in [-0.2, 0) is 16.6 Å². The van der Waals surface area contributed by atoms with Crippen molar-refractivity contribution < 1.29 is 12.8 Å². The molecule has 98 valence electrons. The van der Waals surface area contributed by atoms with Gasteiger partial charge in [-0.25, -0.2) is 12.7 Å². The molecule has 1 atom stereocenters. The maximum atomic E-state index is 12.1. The molecule has 2 N–H and O–H groups in total. The van der Waals surface area contributed by atoms with Crippen LogP contribution in [0.3, 0.4) is 0 Å². The highest BCUT2D eigenvalue weighted by Crippen LogP contribution is 2.16. The van der Waals surface area contributed by atoms with Crippen molar-refractivity contribution in [3.05, 3.63) is 23.7 Å². The van der Waals surface area contributed by atoms with Crippen LogP contribution in [0.5, 0.6) is 0 Å². The summed E-state index contributed by atoms with van der Waals surface area (Å²) in [4.78, 5) is 0. The first kappa shape index (κ1) is 14.2. The average molecular weight is 260 g/mol. The molecular weight excluding hydrogens is 240 g/mol. The first-order chi connectivity index (χ1) is 7.93. The van der Waals surface area contributed by atoms with Crippen LogP contribution in [0.2, 0.25) is 0 Å². The Labute approximate surface area is 103 Å². The molecule has 0 aliphatic heterocycles. The van der Waals surface area contributed by atoms with Crippen molar-refractivity contribution in [3.8, 4) is 0 Å². The van der Waals surface area contributed by atoms with Gasteiger partial charge in [0.2, 0.25) is 10.0 Å². The molecular formula is C11H20N2O3S. The lowest BCUT2D eigenvalue weighted by molar-refractivity contribution is 0.447. The van der Waals surface area contributed by atoms with Crippen LogP contribution >= 0.6 is 0 Å². The molecule has 1 heterocycles. The van der Waals surface area contributed by atoms with Crippen LogP contribution < -0.4 is 5.73 Å². The van der Waals surface area contributed by atoms with Gasteiger partial charge in [-0.15, -0.1) is 0 Å². The summed E-state index contributed by atoms with van der Waals surface area (Å²) in [6.45, 7) is 4.11. The minimum atomic E-state index is -3.33. The maximum absolute atomic E-state index is 12.1. The first-order valence-electron chi connectivity index (χ1n) is 5.61. The Bertz CT molecular complexity index is 449. The van der Waals surface area contributed by atoms with Crippen molar-refractivity contribution in [2.24, 2.45) is 5.73 Å². The maximum Gasteiger partial charge on any atom is 0.218 e. The van der Waals surface area contributed by atoms with Crippen LogP contribution in [0.1, 0.15) is 24.7 Å². The molecule has 1 aromatic rings. The molecule has 0 saturated heterocycles. The first-order valence-corrected chi connectivity index (χ1v) is 7.12. The molecule has 0 aliphatic carbocycles. The third-order valence-electron chi connectivity index (χ3n) is 2.93. The molecule has 0 aromatic carbocycles. The Morgan fingerprint density at radius 3 is 2.59 bits per heavy atom. The molecule has 17 heavy (non-hydrogen) atoms. The van der Waals surface area contributed by atoms with E-state index in [-0.39, 0.29) is 6.54 Å². The zero-order chi connectivity index (χ0) is 13.1. The number of rotatable bonds is 6. The van der Waals surface area contributed by atoms with Gasteiger partial charge in [-0.3, -0.25) is 0 Å². The highest BCUT2D eigenvalue weighted by atomic mass is 32.2. The summed E-state index contributed by atoms with van der Waals surface area (Å²) in [6.07, 6.45) is 2.08. The Morgan fingerprint density at radius 2 is 2.18 bits per heavy atom. The molecule has 1 aromatic heterocycles. The molecule has 0 saturated carbocycles. The van der Waals surface area contributed by atoms with E-state index in [1.807, 2.05) is 13.8 Å². The summed E-state index contributed by atoms with van der Waals surface area (Å²) >= 11 is 0. The van der Waals surface area contributed by atoms with Gasteiger partial charge in [-0.2, -0.15) is 0 Å². The van der Waals surface area contributed by atoms with Gasteiger partial charge in [0.15, 0.2) is 0 Å². The number of nitrogens with two attached hydrogens (primary N) is 1. The largest absolute Gasteiger partial charge is 0.469 e. The van der Waals surface area contributed by atoms with E-state index in [0.717, 1.165) is 11.3 Å². The number of hydrogen-bond donors (Lipinski definition) is 1. The van der Waals surface area contributed by atoms with Crippen LogP contribution in [-0.4, -0.2) is 31.6 Å². The van der Waals surface area contributed by atoms with E-state index in [0.29, 0.717) is 13.0 Å². The summed E-state index contributed by atoms with van der Waals surface area (Å²) in [6, 6.07) is 1.78. The number of nitrogens with zero attached hydrogens (tertiary/aromatic N) is 1. The number of hydrogen-bond acceptors (Lipinski definition) is 4. The van der Waals surface area contributed by atoms with Crippen LogP contribution in [0, 0.1) is 6.92 Å². The standard InChI is InChI=1S/C11H20N2O3S/c1-4-11(7-12)17(14,15)13(3)8-10-5-6-16-9(10)2/h5-6,11H,4,7-8,12H2,1-3H3. The van der Waals surface area contributed by atoms with Gasteiger partial charge < -0.3 is 10.2 Å². The van der Waals surface area contributed by atoms with Gasteiger partial charge in [0.25, 0.3) is 0 Å². The average Bonchev–Trinajstić information content (AvgIpc) is 2.65. The quantitative estimate of drug-likeness (QED) is 0.830. The van der Waals surface area contributed by atoms with E-state index in [4.69, 9.17) is 10.2 Å². The molecule has 0 amide bonds. The minimum Gasteiger partial charge on any atom is -0.469 e. The Kier molecular flexibility index (Phi) is 4.73. The molecule has 0 bridgehead atoms. The molecule has 0 spiro atoms. The molecule has 6 heteroatoms. The molecule has 0 radical (unpaired) electrons. The molecule has 0 aliphatic rings. The zero-order valence-electron chi connectivity index (χ0n) is 10.5. The second-order valence-electron chi connectivity index (χ2n) is 4.07. The predicted molar refractivity (Wildman–Crippen MR) is 67.0 cm³/mol. The van der Waals surface area contributed by atoms with Crippen molar-refractivity contribution in [1.82, 2.24) is 4.31 Å². The third-order valence-corrected chi connectivity index (χ3v) is 5.30. The number of aryl methyl sites for hydroxylation is 1. The van der Waals surface area contributed by atoms with Crippen molar-refractivity contribution in [1.29, 1.82) is 0 Å².